The average molecular weight is 372 g/mol. The maximum absolute atomic E-state index is 12.8. The van der Waals surface area contributed by atoms with E-state index < -0.39 is 12.1 Å². The third-order valence-corrected chi connectivity index (χ3v) is 5.41. The lowest BCUT2D eigenvalue weighted by Crippen LogP contribution is -2.46. The number of ether oxygens (including phenoxy) is 4. The van der Waals surface area contributed by atoms with Crippen LogP contribution in [0.5, 0.6) is 5.75 Å². The van der Waals surface area contributed by atoms with Crippen molar-refractivity contribution in [3.8, 4) is 5.75 Å². The second-order valence-electron chi connectivity index (χ2n) is 9.82. The van der Waals surface area contributed by atoms with Crippen LogP contribution in [0.15, 0.2) is 36.1 Å². The molecule has 0 bridgehead atoms. The van der Waals surface area contributed by atoms with Gasteiger partial charge in [0, 0.05) is 0 Å². The van der Waals surface area contributed by atoms with Gasteiger partial charge in [-0.15, -0.1) is 0 Å². The number of ketones is 1. The van der Waals surface area contributed by atoms with Crippen molar-refractivity contribution in [1.29, 1.82) is 0 Å². The molecule has 1 spiro atoms. The first-order valence-electron chi connectivity index (χ1n) is 9.54. The summed E-state index contributed by atoms with van der Waals surface area (Å²) in [5, 5.41) is 0. The topological polar surface area (TPSA) is 54.0 Å². The Bertz CT molecular complexity index is 774. The second-order valence-corrected chi connectivity index (χ2v) is 9.82. The summed E-state index contributed by atoms with van der Waals surface area (Å²) >= 11 is 0. The molecule has 5 heteroatoms. The molecule has 1 fully saturated rings. The van der Waals surface area contributed by atoms with E-state index in [1.807, 2.05) is 18.2 Å². The van der Waals surface area contributed by atoms with Gasteiger partial charge in [0.25, 0.3) is 0 Å². The van der Waals surface area contributed by atoms with Crippen LogP contribution in [0.4, 0.5) is 0 Å². The number of Topliss-reactive ketones (excluding diaryl/α,β-unsaturated/α-hetero) is 1. The predicted molar refractivity (Wildman–Crippen MR) is 100 cm³/mol. The van der Waals surface area contributed by atoms with Crippen LogP contribution in [0.2, 0.25) is 0 Å². The molecule has 1 aromatic rings. The van der Waals surface area contributed by atoms with Crippen molar-refractivity contribution in [1.82, 2.24) is 0 Å². The molecule has 0 aromatic heterocycles. The van der Waals surface area contributed by atoms with E-state index in [-0.39, 0.29) is 28.8 Å². The highest BCUT2D eigenvalue weighted by molar-refractivity contribution is 6.12. The zero-order valence-corrected chi connectivity index (χ0v) is 16.9. The van der Waals surface area contributed by atoms with Crippen LogP contribution in [-0.2, 0) is 14.2 Å². The molecule has 1 aromatic carbocycles. The molecule has 27 heavy (non-hydrogen) atoms. The second kappa shape index (κ2) is 5.82. The summed E-state index contributed by atoms with van der Waals surface area (Å²) in [6.07, 6.45) is 1.06. The first-order chi connectivity index (χ1) is 12.5. The first-order valence-corrected chi connectivity index (χ1v) is 9.54. The summed E-state index contributed by atoms with van der Waals surface area (Å²) in [4.78, 5) is 12.8. The summed E-state index contributed by atoms with van der Waals surface area (Å²) in [6, 6.07) is 7.28. The van der Waals surface area contributed by atoms with Crippen molar-refractivity contribution in [3.63, 3.8) is 0 Å². The molecule has 3 atom stereocenters. The number of rotatable bonds is 0. The minimum Gasteiger partial charge on any atom is -0.484 e. The lowest BCUT2D eigenvalue weighted by atomic mass is 9.76. The molecule has 4 rings (SSSR count). The molecule has 1 saturated heterocycles. The number of fused-ring (bicyclic) bond motifs is 2. The molecule has 0 N–H and O–H groups in total. The fourth-order valence-electron chi connectivity index (χ4n) is 3.94. The van der Waals surface area contributed by atoms with Gasteiger partial charge in [0.2, 0.25) is 0 Å². The molecule has 0 amide bonds. The molecular weight excluding hydrogens is 344 g/mol. The summed E-state index contributed by atoms with van der Waals surface area (Å²) < 4.78 is 24.8. The van der Waals surface area contributed by atoms with Crippen LogP contribution < -0.4 is 4.74 Å². The Balaban J connectivity index is 1.66. The number of hydrogen-bond acceptors (Lipinski definition) is 5. The molecule has 0 aliphatic carbocycles. The number of carbonyl (C=O) groups is 1. The number of carbonyl (C=O) groups excluding carboxylic acids is 1. The van der Waals surface area contributed by atoms with E-state index in [4.69, 9.17) is 18.9 Å². The fraction of sp³-hybridized carbons (Fsp3) is 0.591. The highest BCUT2D eigenvalue weighted by atomic mass is 16.9. The molecule has 3 aliphatic heterocycles. The molecule has 3 heterocycles. The van der Waals surface area contributed by atoms with Gasteiger partial charge >= 0.3 is 5.97 Å². The summed E-state index contributed by atoms with van der Waals surface area (Å²) in [5.41, 5.74) is 0.834. The normalized spacial score (nSPS) is 29.5. The zero-order valence-electron chi connectivity index (χ0n) is 16.9. The monoisotopic (exact) mass is 372 g/mol. The molecule has 0 radical (unpaired) electrons. The van der Waals surface area contributed by atoms with Crippen molar-refractivity contribution >= 4 is 5.78 Å². The van der Waals surface area contributed by atoms with Crippen LogP contribution in [-0.4, -0.2) is 30.1 Å². The predicted octanol–water partition coefficient (Wildman–Crippen LogP) is 4.46. The lowest BCUT2D eigenvalue weighted by Gasteiger charge is -2.38. The van der Waals surface area contributed by atoms with Crippen LogP contribution in [0.3, 0.4) is 0 Å². The van der Waals surface area contributed by atoms with Gasteiger partial charge in [0.1, 0.15) is 18.1 Å². The van der Waals surface area contributed by atoms with Crippen LogP contribution in [0, 0.1) is 10.8 Å². The Morgan fingerprint density at radius 2 is 1.56 bits per heavy atom. The molecule has 0 unspecified atom stereocenters. The minimum atomic E-state index is -1.23. The first kappa shape index (κ1) is 18.5. The van der Waals surface area contributed by atoms with Crippen molar-refractivity contribution in [2.45, 2.75) is 72.2 Å². The zero-order chi connectivity index (χ0) is 19.6. The van der Waals surface area contributed by atoms with E-state index in [0.29, 0.717) is 23.3 Å². The van der Waals surface area contributed by atoms with Crippen molar-refractivity contribution in [2.24, 2.45) is 10.8 Å². The summed E-state index contributed by atoms with van der Waals surface area (Å²) in [5.74, 6) is -0.690. The van der Waals surface area contributed by atoms with Gasteiger partial charge in [-0.05, 0) is 23.0 Å². The van der Waals surface area contributed by atoms with Gasteiger partial charge in [-0.3, -0.25) is 4.79 Å². The SMILES string of the molecule is CC(C)(C)[C@@H]1OC2(C[C@H]3Oc4ccccc4C(=O)C3=CO2)O[C@H]1C(C)(C)C. The number of hydrogen-bond donors (Lipinski definition) is 0. The van der Waals surface area contributed by atoms with E-state index in [1.165, 1.54) is 6.26 Å². The van der Waals surface area contributed by atoms with Crippen LogP contribution in [0.25, 0.3) is 0 Å². The van der Waals surface area contributed by atoms with Crippen molar-refractivity contribution in [3.05, 3.63) is 41.7 Å². The average Bonchev–Trinajstić information content (AvgIpc) is 2.95. The molecule has 3 aliphatic rings. The minimum absolute atomic E-state index is 0.0607. The highest BCUT2D eigenvalue weighted by Crippen LogP contribution is 2.49. The molecule has 5 nitrogen and oxygen atoms in total. The Labute approximate surface area is 160 Å². The number of benzene rings is 1. The molecular formula is C22H28O5. The van der Waals surface area contributed by atoms with Gasteiger partial charge in [-0.25, -0.2) is 0 Å². The highest BCUT2D eigenvalue weighted by Gasteiger charge is 2.59. The van der Waals surface area contributed by atoms with Gasteiger partial charge < -0.3 is 18.9 Å². The van der Waals surface area contributed by atoms with Gasteiger partial charge in [-0.1, -0.05) is 53.7 Å². The maximum atomic E-state index is 12.8. The Hall–Kier alpha value is -1.85. The van der Waals surface area contributed by atoms with E-state index in [1.54, 1.807) is 6.07 Å². The Morgan fingerprint density at radius 3 is 2.15 bits per heavy atom. The van der Waals surface area contributed by atoms with E-state index >= 15 is 0 Å². The van der Waals surface area contributed by atoms with Gasteiger partial charge in [0.15, 0.2) is 5.78 Å². The fourth-order valence-corrected chi connectivity index (χ4v) is 3.94. The Kier molecular flexibility index (Phi) is 3.99. The largest absolute Gasteiger partial charge is 0.484 e. The summed E-state index contributed by atoms with van der Waals surface area (Å²) in [6.45, 7) is 12.8. The molecule has 0 saturated carbocycles. The lowest BCUT2D eigenvalue weighted by molar-refractivity contribution is -0.338. The van der Waals surface area contributed by atoms with Crippen molar-refractivity contribution in [2.75, 3.05) is 0 Å². The standard InChI is InChI=1S/C22H28O5/c1-20(2,3)18-19(21(4,5)6)27-22(26-18)11-16-14(12-24-22)17(23)13-9-7-8-10-15(13)25-16/h7-10,12,16,18-19H,11H2,1-6H3/t16-,18-,19-/m1/s1. The Morgan fingerprint density at radius 1 is 0.963 bits per heavy atom. The maximum Gasteiger partial charge on any atom is 0.331 e. The number of para-hydroxylation sites is 1. The van der Waals surface area contributed by atoms with E-state index in [0.717, 1.165) is 0 Å². The van der Waals surface area contributed by atoms with E-state index in [2.05, 4.69) is 41.5 Å². The van der Waals surface area contributed by atoms with Crippen LogP contribution in [0.1, 0.15) is 58.3 Å². The third-order valence-electron chi connectivity index (χ3n) is 5.41. The van der Waals surface area contributed by atoms with E-state index in [9.17, 15) is 4.79 Å². The van der Waals surface area contributed by atoms with Gasteiger partial charge in [-0.2, -0.15) is 0 Å². The molecule has 146 valence electrons. The van der Waals surface area contributed by atoms with Crippen LogP contribution >= 0.6 is 0 Å². The third kappa shape index (κ3) is 3.07. The van der Waals surface area contributed by atoms with Gasteiger partial charge in [0.05, 0.1) is 29.8 Å². The summed E-state index contributed by atoms with van der Waals surface area (Å²) in [7, 11) is 0. The van der Waals surface area contributed by atoms with Crippen molar-refractivity contribution < 1.29 is 23.7 Å². The smallest absolute Gasteiger partial charge is 0.331 e. The quantitative estimate of drug-likeness (QED) is 0.673.